The summed E-state index contributed by atoms with van der Waals surface area (Å²) in [5.74, 6) is 0.835. The maximum absolute atomic E-state index is 6.26. The number of nitrogens with zero attached hydrogens (tertiary/aromatic N) is 1. The molecule has 2 atom stereocenters. The van der Waals surface area contributed by atoms with Crippen LogP contribution in [-0.2, 0) is 0 Å². The summed E-state index contributed by atoms with van der Waals surface area (Å²) in [6.07, 6.45) is 11.8. The van der Waals surface area contributed by atoms with Crippen molar-refractivity contribution < 1.29 is 0 Å². The van der Waals surface area contributed by atoms with E-state index in [4.69, 9.17) is 5.73 Å². The van der Waals surface area contributed by atoms with Crippen molar-refractivity contribution in [1.82, 2.24) is 4.90 Å². The van der Waals surface area contributed by atoms with Gasteiger partial charge in [0.05, 0.1) is 0 Å². The van der Waals surface area contributed by atoms with E-state index in [-0.39, 0.29) is 0 Å². The first-order valence-electron chi connectivity index (χ1n) is 7.74. The van der Waals surface area contributed by atoms with Gasteiger partial charge in [0.25, 0.3) is 0 Å². The minimum Gasteiger partial charge on any atom is -0.329 e. The summed E-state index contributed by atoms with van der Waals surface area (Å²) in [7, 11) is 0. The standard InChI is InChI=1S/C15H30N2S/c1-3-13-6-4-5-9-15(13,12-16)17-10-7-14(18-2)8-11-17/h13-14H,3-12,16H2,1-2H3. The highest BCUT2D eigenvalue weighted by Crippen LogP contribution is 2.41. The van der Waals surface area contributed by atoms with Gasteiger partial charge in [-0.15, -0.1) is 0 Å². The summed E-state index contributed by atoms with van der Waals surface area (Å²) in [5.41, 5.74) is 6.60. The van der Waals surface area contributed by atoms with Crippen LogP contribution in [0, 0.1) is 5.92 Å². The molecule has 0 spiro atoms. The molecule has 2 aliphatic rings. The van der Waals surface area contributed by atoms with Gasteiger partial charge in [-0.2, -0.15) is 11.8 Å². The Balaban J connectivity index is 2.06. The number of likely N-dealkylation sites (tertiary alicyclic amines) is 1. The van der Waals surface area contributed by atoms with Crippen molar-refractivity contribution >= 4 is 11.8 Å². The Morgan fingerprint density at radius 2 is 1.94 bits per heavy atom. The topological polar surface area (TPSA) is 29.3 Å². The van der Waals surface area contributed by atoms with Crippen molar-refractivity contribution in [3.8, 4) is 0 Å². The lowest BCUT2D eigenvalue weighted by atomic mass is 9.69. The van der Waals surface area contributed by atoms with Crippen molar-refractivity contribution in [1.29, 1.82) is 0 Å². The molecule has 106 valence electrons. The molecule has 1 aliphatic carbocycles. The molecule has 2 fully saturated rings. The highest BCUT2D eigenvalue weighted by molar-refractivity contribution is 7.99. The van der Waals surface area contributed by atoms with Crippen LogP contribution in [0.3, 0.4) is 0 Å². The Labute approximate surface area is 117 Å². The van der Waals surface area contributed by atoms with E-state index in [0.29, 0.717) is 5.54 Å². The summed E-state index contributed by atoms with van der Waals surface area (Å²) < 4.78 is 0. The molecule has 0 aromatic carbocycles. The van der Waals surface area contributed by atoms with Gasteiger partial charge in [-0.1, -0.05) is 26.2 Å². The van der Waals surface area contributed by atoms with Crippen LogP contribution in [0.4, 0.5) is 0 Å². The molecule has 0 bridgehead atoms. The van der Waals surface area contributed by atoms with Crippen LogP contribution in [0.25, 0.3) is 0 Å². The van der Waals surface area contributed by atoms with Gasteiger partial charge in [0.15, 0.2) is 0 Å². The van der Waals surface area contributed by atoms with Crippen LogP contribution < -0.4 is 5.73 Å². The zero-order valence-electron chi connectivity index (χ0n) is 12.2. The van der Waals surface area contributed by atoms with Crippen LogP contribution in [0.2, 0.25) is 0 Å². The Hall–Kier alpha value is 0.270. The zero-order chi connectivity index (χ0) is 13.0. The highest BCUT2D eigenvalue weighted by atomic mass is 32.2. The fourth-order valence-corrected chi connectivity index (χ4v) is 4.91. The van der Waals surface area contributed by atoms with Crippen LogP contribution in [0.5, 0.6) is 0 Å². The van der Waals surface area contributed by atoms with Gasteiger partial charge >= 0.3 is 0 Å². The molecule has 2 nitrogen and oxygen atoms in total. The molecule has 0 aromatic heterocycles. The van der Waals surface area contributed by atoms with E-state index in [1.54, 1.807) is 0 Å². The van der Waals surface area contributed by atoms with E-state index in [2.05, 4.69) is 18.1 Å². The van der Waals surface area contributed by atoms with Gasteiger partial charge in [0.2, 0.25) is 0 Å². The fraction of sp³-hybridized carbons (Fsp3) is 1.00. The Morgan fingerprint density at radius 3 is 2.50 bits per heavy atom. The van der Waals surface area contributed by atoms with E-state index in [0.717, 1.165) is 17.7 Å². The molecule has 1 saturated carbocycles. The quantitative estimate of drug-likeness (QED) is 0.851. The Morgan fingerprint density at radius 1 is 1.22 bits per heavy atom. The van der Waals surface area contributed by atoms with Crippen molar-refractivity contribution in [3.05, 3.63) is 0 Å². The molecular weight excluding hydrogens is 240 g/mol. The normalized spacial score (nSPS) is 35.8. The van der Waals surface area contributed by atoms with E-state index in [1.807, 2.05) is 11.8 Å². The lowest BCUT2D eigenvalue weighted by Gasteiger charge is -2.53. The smallest absolute Gasteiger partial charge is 0.0359 e. The third kappa shape index (κ3) is 2.73. The molecule has 18 heavy (non-hydrogen) atoms. The molecule has 3 heteroatoms. The summed E-state index contributed by atoms with van der Waals surface area (Å²) in [4.78, 5) is 2.77. The Kier molecular flexibility index (Phi) is 5.40. The minimum absolute atomic E-state index is 0.344. The second kappa shape index (κ2) is 6.62. The van der Waals surface area contributed by atoms with Gasteiger partial charge in [0, 0.05) is 17.3 Å². The molecule has 1 aliphatic heterocycles. The van der Waals surface area contributed by atoms with E-state index < -0.39 is 0 Å². The third-order valence-corrected chi connectivity index (χ3v) is 6.56. The van der Waals surface area contributed by atoms with Crippen molar-refractivity contribution in [2.24, 2.45) is 11.7 Å². The lowest BCUT2D eigenvalue weighted by molar-refractivity contribution is -0.00702. The predicted octanol–water partition coefficient (Wildman–Crippen LogP) is 3.11. The monoisotopic (exact) mass is 270 g/mol. The number of piperidine rings is 1. The molecule has 1 heterocycles. The van der Waals surface area contributed by atoms with Gasteiger partial charge in [-0.3, -0.25) is 4.90 Å². The van der Waals surface area contributed by atoms with Gasteiger partial charge < -0.3 is 5.73 Å². The molecule has 2 unspecified atom stereocenters. The molecule has 2 N–H and O–H groups in total. The largest absolute Gasteiger partial charge is 0.329 e. The average molecular weight is 270 g/mol. The van der Waals surface area contributed by atoms with Gasteiger partial charge in [-0.05, 0) is 50.9 Å². The molecular formula is C15H30N2S. The van der Waals surface area contributed by atoms with Crippen molar-refractivity contribution in [2.75, 3.05) is 25.9 Å². The van der Waals surface area contributed by atoms with Crippen LogP contribution in [0.1, 0.15) is 51.9 Å². The maximum Gasteiger partial charge on any atom is 0.0359 e. The Bertz CT molecular complexity index is 251. The van der Waals surface area contributed by atoms with Gasteiger partial charge in [-0.25, -0.2) is 0 Å². The number of rotatable bonds is 4. The first-order chi connectivity index (χ1) is 8.76. The molecule has 0 radical (unpaired) electrons. The number of nitrogens with two attached hydrogens (primary N) is 1. The molecule has 0 aromatic rings. The lowest BCUT2D eigenvalue weighted by Crippen LogP contribution is -2.61. The SMILES string of the molecule is CCC1CCCCC1(CN)N1CCC(SC)CC1. The van der Waals surface area contributed by atoms with Gasteiger partial charge in [0.1, 0.15) is 0 Å². The maximum atomic E-state index is 6.26. The van der Waals surface area contributed by atoms with Crippen molar-refractivity contribution in [3.63, 3.8) is 0 Å². The minimum atomic E-state index is 0.344. The van der Waals surface area contributed by atoms with Crippen LogP contribution in [0.15, 0.2) is 0 Å². The van der Waals surface area contributed by atoms with Crippen LogP contribution >= 0.6 is 11.8 Å². The second-order valence-electron chi connectivity index (χ2n) is 6.08. The van der Waals surface area contributed by atoms with E-state index in [1.165, 1.54) is 58.0 Å². The zero-order valence-corrected chi connectivity index (χ0v) is 13.0. The molecule has 1 saturated heterocycles. The van der Waals surface area contributed by atoms with E-state index >= 15 is 0 Å². The molecule has 2 rings (SSSR count). The summed E-state index contributed by atoms with van der Waals surface area (Å²) in [6.45, 7) is 5.78. The highest BCUT2D eigenvalue weighted by Gasteiger charge is 2.44. The molecule has 0 amide bonds. The summed E-state index contributed by atoms with van der Waals surface area (Å²) in [5, 5.41) is 0.889. The van der Waals surface area contributed by atoms with Crippen LogP contribution in [-0.4, -0.2) is 41.6 Å². The first-order valence-corrected chi connectivity index (χ1v) is 9.03. The average Bonchev–Trinajstić information content (AvgIpc) is 2.47. The number of hydrogen-bond donors (Lipinski definition) is 1. The first kappa shape index (κ1) is 14.7. The number of hydrogen-bond acceptors (Lipinski definition) is 3. The van der Waals surface area contributed by atoms with E-state index in [9.17, 15) is 0 Å². The van der Waals surface area contributed by atoms with Crippen molar-refractivity contribution in [2.45, 2.75) is 62.7 Å². The second-order valence-corrected chi connectivity index (χ2v) is 7.22. The fourth-order valence-electron chi connectivity index (χ4n) is 4.23. The predicted molar refractivity (Wildman–Crippen MR) is 82.1 cm³/mol. The summed E-state index contributed by atoms with van der Waals surface area (Å²) >= 11 is 2.05. The third-order valence-electron chi connectivity index (χ3n) is 5.42. The number of thioether (sulfide) groups is 1. The summed E-state index contributed by atoms with van der Waals surface area (Å²) in [6, 6.07) is 0.